The van der Waals surface area contributed by atoms with Crippen molar-refractivity contribution >= 4 is 16.9 Å². The van der Waals surface area contributed by atoms with Gasteiger partial charge in [0.2, 0.25) is 5.95 Å². The molecule has 2 aromatic rings. The third-order valence-corrected chi connectivity index (χ3v) is 2.27. The summed E-state index contributed by atoms with van der Waals surface area (Å²) in [5, 5.41) is 4.08. The minimum absolute atomic E-state index is 0.679. The van der Waals surface area contributed by atoms with Gasteiger partial charge in [0.25, 0.3) is 0 Å². The fraction of sp³-hybridized carbons (Fsp3) is 0.273. The van der Waals surface area contributed by atoms with Gasteiger partial charge in [0, 0.05) is 12.4 Å². The maximum Gasteiger partial charge on any atom is 0.223 e. The molecule has 0 bridgehead atoms. The molecular formula is C11H13N3. The summed E-state index contributed by atoms with van der Waals surface area (Å²) < 4.78 is 0. The van der Waals surface area contributed by atoms with E-state index in [1.165, 1.54) is 5.56 Å². The van der Waals surface area contributed by atoms with Crippen molar-refractivity contribution in [2.45, 2.75) is 13.8 Å². The molecule has 3 heteroatoms. The second-order valence-electron chi connectivity index (χ2n) is 3.40. The van der Waals surface area contributed by atoms with Gasteiger partial charge >= 0.3 is 0 Å². The van der Waals surface area contributed by atoms with Crippen molar-refractivity contribution in [3.63, 3.8) is 0 Å². The molecule has 14 heavy (non-hydrogen) atoms. The largest absolute Gasteiger partial charge is 0.357 e. The molecule has 0 amide bonds. The summed E-state index contributed by atoms with van der Waals surface area (Å²) in [7, 11) is 1.83. The molecule has 1 N–H and O–H groups in total. The van der Waals surface area contributed by atoms with Crippen LogP contribution in [-0.2, 0) is 0 Å². The first-order valence-electron chi connectivity index (χ1n) is 4.63. The Morgan fingerprint density at radius 1 is 1.14 bits per heavy atom. The second kappa shape index (κ2) is 3.25. The lowest BCUT2D eigenvalue weighted by molar-refractivity contribution is 1.14. The maximum atomic E-state index is 4.37. The third kappa shape index (κ3) is 1.41. The number of hydrogen-bond donors (Lipinski definition) is 1. The molecule has 2 rings (SSSR count). The van der Waals surface area contributed by atoms with Crippen molar-refractivity contribution < 1.29 is 0 Å². The summed E-state index contributed by atoms with van der Waals surface area (Å²) in [6.45, 7) is 4.08. The van der Waals surface area contributed by atoms with Crippen LogP contribution in [0.5, 0.6) is 0 Å². The molecule has 0 radical (unpaired) electrons. The van der Waals surface area contributed by atoms with Crippen molar-refractivity contribution in [2.75, 3.05) is 12.4 Å². The van der Waals surface area contributed by atoms with Crippen molar-refractivity contribution in [3.8, 4) is 0 Å². The van der Waals surface area contributed by atoms with E-state index in [0.717, 1.165) is 16.6 Å². The van der Waals surface area contributed by atoms with Crippen LogP contribution < -0.4 is 5.32 Å². The van der Waals surface area contributed by atoms with Crippen LogP contribution in [-0.4, -0.2) is 17.0 Å². The van der Waals surface area contributed by atoms with Crippen LogP contribution in [0.25, 0.3) is 10.9 Å². The van der Waals surface area contributed by atoms with E-state index < -0.39 is 0 Å². The van der Waals surface area contributed by atoms with E-state index in [2.05, 4.69) is 34.3 Å². The second-order valence-corrected chi connectivity index (χ2v) is 3.40. The van der Waals surface area contributed by atoms with Gasteiger partial charge in [-0.15, -0.1) is 0 Å². The van der Waals surface area contributed by atoms with E-state index in [1.54, 1.807) is 0 Å². The maximum absolute atomic E-state index is 4.37. The molecule has 1 aromatic heterocycles. The molecule has 0 unspecified atom stereocenters. The van der Waals surface area contributed by atoms with Gasteiger partial charge in [-0.1, -0.05) is 11.6 Å². The standard InChI is InChI=1S/C11H13N3/c1-7-4-5-10-9(6-7)8(2)13-11(12-3)14-10/h4-6H,1-3H3,(H,12,13,14). The van der Waals surface area contributed by atoms with Crippen molar-refractivity contribution in [2.24, 2.45) is 0 Å². The topological polar surface area (TPSA) is 37.8 Å². The van der Waals surface area contributed by atoms with Crippen LogP contribution in [0.4, 0.5) is 5.95 Å². The van der Waals surface area contributed by atoms with E-state index in [1.807, 2.05) is 20.0 Å². The Hall–Kier alpha value is -1.64. The average molecular weight is 187 g/mol. The Morgan fingerprint density at radius 2 is 1.93 bits per heavy atom. The van der Waals surface area contributed by atoms with Crippen molar-refractivity contribution in [1.82, 2.24) is 9.97 Å². The Kier molecular flexibility index (Phi) is 2.08. The number of nitrogens with zero attached hydrogens (tertiary/aromatic N) is 2. The zero-order valence-electron chi connectivity index (χ0n) is 8.63. The molecule has 3 nitrogen and oxygen atoms in total. The number of fused-ring (bicyclic) bond motifs is 1. The summed E-state index contributed by atoms with van der Waals surface area (Å²) >= 11 is 0. The van der Waals surface area contributed by atoms with Crippen LogP contribution >= 0.6 is 0 Å². The normalized spacial score (nSPS) is 10.5. The highest BCUT2D eigenvalue weighted by atomic mass is 15.1. The molecular weight excluding hydrogens is 174 g/mol. The number of rotatable bonds is 1. The fourth-order valence-corrected chi connectivity index (χ4v) is 1.51. The smallest absolute Gasteiger partial charge is 0.223 e. The van der Waals surface area contributed by atoms with Gasteiger partial charge in [-0.2, -0.15) is 0 Å². The monoisotopic (exact) mass is 187 g/mol. The molecule has 0 fully saturated rings. The Labute approximate surface area is 83.2 Å². The number of aromatic nitrogens is 2. The van der Waals surface area contributed by atoms with Gasteiger partial charge in [0.05, 0.1) is 11.2 Å². The Morgan fingerprint density at radius 3 is 2.64 bits per heavy atom. The van der Waals surface area contributed by atoms with Gasteiger partial charge in [-0.25, -0.2) is 9.97 Å². The first-order valence-corrected chi connectivity index (χ1v) is 4.63. The fourth-order valence-electron chi connectivity index (χ4n) is 1.51. The summed E-state index contributed by atoms with van der Waals surface area (Å²) in [6, 6.07) is 6.21. The van der Waals surface area contributed by atoms with Crippen LogP contribution in [0.1, 0.15) is 11.3 Å². The molecule has 0 saturated carbocycles. The lowest BCUT2D eigenvalue weighted by atomic mass is 10.1. The highest BCUT2D eigenvalue weighted by Crippen LogP contribution is 2.18. The van der Waals surface area contributed by atoms with Gasteiger partial charge in [-0.05, 0) is 26.0 Å². The minimum Gasteiger partial charge on any atom is -0.357 e. The Balaban J connectivity index is 2.76. The summed E-state index contributed by atoms with van der Waals surface area (Å²) in [4.78, 5) is 8.71. The SMILES string of the molecule is CNc1nc(C)c2cc(C)ccc2n1. The van der Waals surface area contributed by atoms with Gasteiger partial charge in [0.1, 0.15) is 0 Å². The molecule has 0 saturated heterocycles. The highest BCUT2D eigenvalue weighted by Gasteiger charge is 2.02. The van der Waals surface area contributed by atoms with Crippen LogP contribution in [0.15, 0.2) is 18.2 Å². The average Bonchev–Trinajstić information content (AvgIpc) is 2.19. The predicted octanol–water partition coefficient (Wildman–Crippen LogP) is 2.29. The zero-order chi connectivity index (χ0) is 10.1. The molecule has 0 atom stereocenters. The zero-order valence-corrected chi connectivity index (χ0v) is 8.63. The molecule has 1 heterocycles. The van der Waals surface area contributed by atoms with Gasteiger partial charge in [0.15, 0.2) is 0 Å². The number of nitrogens with one attached hydrogen (secondary N) is 1. The lowest BCUT2D eigenvalue weighted by Gasteiger charge is -2.05. The molecule has 0 aliphatic carbocycles. The van der Waals surface area contributed by atoms with E-state index >= 15 is 0 Å². The number of aryl methyl sites for hydroxylation is 2. The molecule has 0 aliphatic heterocycles. The summed E-state index contributed by atoms with van der Waals surface area (Å²) in [5.41, 5.74) is 3.25. The third-order valence-electron chi connectivity index (χ3n) is 2.27. The molecule has 72 valence electrons. The van der Waals surface area contributed by atoms with Crippen molar-refractivity contribution in [3.05, 3.63) is 29.5 Å². The first kappa shape index (κ1) is 8.94. The minimum atomic E-state index is 0.679. The summed E-state index contributed by atoms with van der Waals surface area (Å²) in [5.74, 6) is 0.679. The quantitative estimate of drug-likeness (QED) is 0.744. The van der Waals surface area contributed by atoms with E-state index in [9.17, 15) is 0 Å². The molecule has 1 aromatic carbocycles. The van der Waals surface area contributed by atoms with E-state index in [4.69, 9.17) is 0 Å². The number of hydrogen-bond acceptors (Lipinski definition) is 3. The van der Waals surface area contributed by atoms with Crippen LogP contribution in [0, 0.1) is 13.8 Å². The highest BCUT2D eigenvalue weighted by molar-refractivity contribution is 5.82. The Bertz CT molecular complexity index is 477. The number of benzene rings is 1. The van der Waals surface area contributed by atoms with Crippen LogP contribution in [0.3, 0.4) is 0 Å². The van der Waals surface area contributed by atoms with Crippen molar-refractivity contribution in [1.29, 1.82) is 0 Å². The van der Waals surface area contributed by atoms with E-state index in [0.29, 0.717) is 5.95 Å². The first-order chi connectivity index (χ1) is 6.70. The summed E-state index contributed by atoms with van der Waals surface area (Å²) in [6.07, 6.45) is 0. The molecule has 0 spiro atoms. The van der Waals surface area contributed by atoms with Gasteiger partial charge < -0.3 is 5.32 Å². The predicted molar refractivity (Wildman–Crippen MR) is 58.6 cm³/mol. The van der Waals surface area contributed by atoms with Gasteiger partial charge in [-0.3, -0.25) is 0 Å². The number of anilines is 1. The lowest BCUT2D eigenvalue weighted by Crippen LogP contribution is -1.98. The molecule has 0 aliphatic rings. The van der Waals surface area contributed by atoms with E-state index in [-0.39, 0.29) is 0 Å². The van der Waals surface area contributed by atoms with Crippen LogP contribution in [0.2, 0.25) is 0 Å².